The highest BCUT2D eigenvalue weighted by atomic mass is 32.2. The molecule has 2 amide bonds. The minimum atomic E-state index is -3.16. The number of ether oxygens (including phenoxy) is 1. The summed E-state index contributed by atoms with van der Waals surface area (Å²) in [6.45, 7) is 13.8. The van der Waals surface area contributed by atoms with Gasteiger partial charge in [0.05, 0.1) is 18.2 Å². The van der Waals surface area contributed by atoms with E-state index in [-0.39, 0.29) is 67.3 Å². The lowest BCUT2D eigenvalue weighted by Crippen LogP contribution is -2.50. The molecule has 3 unspecified atom stereocenters. The zero-order valence-corrected chi connectivity index (χ0v) is 41.9. The number of methoxy groups -OCH3 is 1. The number of aldehydes is 1. The first kappa shape index (κ1) is 53.2. The summed E-state index contributed by atoms with van der Waals surface area (Å²) < 4.78 is 67.5. The number of alkyl halides is 2. The molecule has 12 nitrogen and oxygen atoms in total. The Morgan fingerprint density at radius 2 is 1.76 bits per heavy atom. The molecule has 4 aliphatic heterocycles. The van der Waals surface area contributed by atoms with E-state index in [0.717, 1.165) is 54.4 Å². The summed E-state index contributed by atoms with van der Waals surface area (Å²) in [5.41, 5.74) is 12.6. The highest BCUT2D eigenvalue weighted by Crippen LogP contribution is 2.42. The highest BCUT2D eigenvalue weighted by molar-refractivity contribution is 7.92. The average molecular weight is 999 g/mol. The predicted octanol–water partition coefficient (Wildman–Crippen LogP) is 9.73. The standard InChI is InChI=1S/C54H66F4N8O4S/c1-35(29-47-37(3)60-22-16-45(47)43-9-8-36(2)61-51(33-70-5)66(32-43)71-58)38(4)64-26-19-41(20-27-64)40-10-12-42(13-11-40)53(69)65-24-17-39(18-25-65)31-63-23-21-48(54(56,57)34-63)46-15-14-44(30-49(46)55)62-50(52(59)68)7-6-28-67/h8-16,22,28-30,32,38-39,41,48,50,62H,2,6-7,17-21,23-27,31,33-34H2,1,3-5H3,(H2,59,68)/b9-8-,35-29+,43-32+,61-51?. The molecule has 0 spiro atoms. The maximum atomic E-state index is 15.7. The fraction of sp³-hybridized carbons (Fsp3) is 0.463. The fourth-order valence-electron chi connectivity index (χ4n) is 10.3. The topological polar surface area (TPSA) is 137 Å². The summed E-state index contributed by atoms with van der Waals surface area (Å²) in [4.78, 5) is 51.4. The van der Waals surface area contributed by atoms with Crippen LogP contribution in [0.25, 0.3) is 11.6 Å². The Kier molecular flexibility index (Phi) is 18.1. The van der Waals surface area contributed by atoms with Gasteiger partial charge in [0.2, 0.25) is 5.91 Å². The number of pyridine rings is 1. The third-order valence-electron chi connectivity index (χ3n) is 14.6. The molecular weight excluding hydrogens is 933 g/mol. The van der Waals surface area contributed by atoms with Crippen LogP contribution in [0, 0.1) is 18.7 Å². The van der Waals surface area contributed by atoms with Crippen molar-refractivity contribution in [1.29, 1.82) is 0 Å². The number of hydrogen-bond acceptors (Lipinski definition) is 11. The molecule has 3 N–H and O–H groups in total. The molecule has 3 fully saturated rings. The Balaban J connectivity index is 0.880. The minimum Gasteiger partial charge on any atom is -0.377 e. The van der Waals surface area contributed by atoms with Crippen LogP contribution in [0.3, 0.4) is 0 Å². The van der Waals surface area contributed by atoms with Crippen molar-refractivity contribution in [1.82, 2.24) is 24.0 Å². The number of carbonyl (C=O) groups excluding carboxylic acids is 3. The molecule has 3 atom stereocenters. The predicted molar refractivity (Wildman–Crippen MR) is 274 cm³/mol. The Bertz CT molecular complexity index is 2520. The second-order valence-corrected chi connectivity index (χ2v) is 19.8. The van der Waals surface area contributed by atoms with Crippen molar-refractivity contribution in [2.24, 2.45) is 16.6 Å². The van der Waals surface area contributed by atoms with Gasteiger partial charge in [-0.25, -0.2) is 22.5 Å². The lowest BCUT2D eigenvalue weighted by Gasteiger charge is -2.41. The lowest BCUT2D eigenvalue weighted by atomic mass is 9.85. The Hall–Kier alpha value is -5.62. The summed E-state index contributed by atoms with van der Waals surface area (Å²) >= 11 is 0.0578. The van der Waals surface area contributed by atoms with Crippen LogP contribution in [0.2, 0.25) is 0 Å². The van der Waals surface area contributed by atoms with E-state index >= 15 is 13.2 Å². The van der Waals surface area contributed by atoms with Gasteiger partial charge in [-0.1, -0.05) is 42.5 Å². The number of primary amides is 1. The second-order valence-electron chi connectivity index (χ2n) is 19.3. The molecule has 3 saturated heterocycles. The van der Waals surface area contributed by atoms with Crippen LogP contribution in [-0.4, -0.2) is 125 Å². The van der Waals surface area contributed by atoms with Crippen LogP contribution in [0.5, 0.6) is 0 Å². The van der Waals surface area contributed by atoms with Crippen LogP contribution >= 0.6 is 12.3 Å². The summed E-state index contributed by atoms with van der Waals surface area (Å²) in [7, 11) is 1.54. The molecule has 4 aliphatic rings. The van der Waals surface area contributed by atoms with E-state index in [0.29, 0.717) is 68.3 Å². The van der Waals surface area contributed by atoms with Crippen molar-refractivity contribution in [3.63, 3.8) is 0 Å². The number of aryl methyl sites for hydroxylation is 1. The molecule has 7 rings (SSSR count). The number of benzene rings is 2. The molecule has 0 aliphatic carbocycles. The van der Waals surface area contributed by atoms with E-state index in [9.17, 15) is 18.3 Å². The molecular formula is C54H66F4N8O4S. The molecule has 17 heteroatoms. The number of rotatable bonds is 18. The van der Waals surface area contributed by atoms with E-state index in [2.05, 4.69) is 58.8 Å². The van der Waals surface area contributed by atoms with Gasteiger partial charge in [0.15, 0.2) is 12.3 Å². The number of likely N-dealkylation sites (tertiary alicyclic amines) is 3. The van der Waals surface area contributed by atoms with Crippen molar-refractivity contribution in [2.75, 3.05) is 64.8 Å². The van der Waals surface area contributed by atoms with Crippen LogP contribution in [0.1, 0.15) is 109 Å². The highest BCUT2D eigenvalue weighted by Gasteiger charge is 2.46. The number of nitrogens with two attached hydrogens (primary N) is 1. The van der Waals surface area contributed by atoms with Gasteiger partial charge >= 0.3 is 0 Å². The third-order valence-corrected chi connectivity index (χ3v) is 15.0. The summed E-state index contributed by atoms with van der Waals surface area (Å²) in [5, 5.41) is 2.81. The molecule has 3 aromatic rings. The number of piperidine rings is 3. The van der Waals surface area contributed by atoms with Crippen LogP contribution in [0.4, 0.5) is 22.7 Å². The molecule has 380 valence electrons. The van der Waals surface area contributed by atoms with Gasteiger partial charge in [0.25, 0.3) is 11.8 Å². The maximum absolute atomic E-state index is 15.7. The van der Waals surface area contributed by atoms with Gasteiger partial charge in [0.1, 0.15) is 30.6 Å². The smallest absolute Gasteiger partial charge is 0.267 e. The summed E-state index contributed by atoms with van der Waals surface area (Å²) in [5.74, 6) is -5.04. The Morgan fingerprint density at radius 1 is 1.03 bits per heavy atom. The number of halogens is 4. The van der Waals surface area contributed by atoms with Crippen LogP contribution < -0.4 is 11.1 Å². The van der Waals surface area contributed by atoms with E-state index in [1.807, 2.05) is 42.2 Å². The van der Waals surface area contributed by atoms with Crippen molar-refractivity contribution < 1.29 is 36.2 Å². The third kappa shape index (κ3) is 13.3. The largest absolute Gasteiger partial charge is 0.377 e. The second kappa shape index (κ2) is 24.2. The van der Waals surface area contributed by atoms with Crippen molar-refractivity contribution in [3.8, 4) is 0 Å². The number of nitrogens with zero attached hydrogens (tertiary/aromatic N) is 6. The summed E-state index contributed by atoms with van der Waals surface area (Å²) in [6.07, 6.45) is 13.7. The van der Waals surface area contributed by atoms with E-state index in [4.69, 9.17) is 10.5 Å². The normalized spacial score (nSPS) is 21.9. The van der Waals surface area contributed by atoms with Gasteiger partial charge < -0.3 is 25.5 Å². The Labute approximate surface area is 419 Å². The van der Waals surface area contributed by atoms with Crippen molar-refractivity contribution in [2.45, 2.75) is 95.6 Å². The minimum absolute atomic E-state index is 0.0229. The fourth-order valence-corrected chi connectivity index (χ4v) is 10.7. The van der Waals surface area contributed by atoms with Gasteiger partial charge in [-0.2, -0.15) is 0 Å². The number of amides is 2. The number of aromatic nitrogens is 1. The number of anilines is 1. The molecule has 0 saturated carbocycles. The molecule has 71 heavy (non-hydrogen) atoms. The Morgan fingerprint density at radius 3 is 2.41 bits per heavy atom. The number of allylic oxidation sites excluding steroid dienone is 3. The maximum Gasteiger partial charge on any atom is 0.267 e. The molecule has 5 heterocycles. The van der Waals surface area contributed by atoms with Crippen molar-refractivity contribution in [3.05, 3.63) is 130 Å². The number of aliphatic imine (C=N–C) groups is 1. The van der Waals surface area contributed by atoms with E-state index in [1.54, 1.807) is 17.3 Å². The molecule has 1 aromatic heterocycles. The average Bonchev–Trinajstić information content (AvgIpc) is 3.35. The quantitative estimate of drug-likeness (QED) is 0.0721. The molecule has 2 aromatic carbocycles. The van der Waals surface area contributed by atoms with Gasteiger partial charge in [-0.3, -0.25) is 24.4 Å². The first-order chi connectivity index (χ1) is 34.1. The monoisotopic (exact) mass is 998 g/mol. The first-order valence-electron chi connectivity index (χ1n) is 24.5. The van der Waals surface area contributed by atoms with Gasteiger partial charge in [0, 0.05) is 74.1 Å². The van der Waals surface area contributed by atoms with Gasteiger partial charge in [-0.05, 0) is 149 Å². The number of hydrogen-bond donors (Lipinski definition) is 2. The zero-order valence-electron chi connectivity index (χ0n) is 41.1. The zero-order chi connectivity index (χ0) is 50.8. The van der Waals surface area contributed by atoms with E-state index < -0.39 is 36.2 Å². The first-order valence-corrected chi connectivity index (χ1v) is 25.2. The van der Waals surface area contributed by atoms with Crippen LogP contribution in [0.15, 0.2) is 95.9 Å². The SMILES string of the molecule is C=C1/C=C\C(c2ccnc(C)c2/C=C(\C)C(C)N2CCC(c3ccc(C(=O)N4CCC(CN5CCC(c6ccc(NC(CCC=O)C(N)=O)cc6F)C(F)(F)C5)CC4)cc3)CC2)=C/N(SF)C(COC)=N1. The number of nitrogens with one attached hydrogen (secondary N) is 1. The number of carbonyl (C=O) groups is 3. The van der Waals surface area contributed by atoms with E-state index in [1.165, 1.54) is 34.7 Å². The molecule has 0 radical (unpaired) electrons. The lowest BCUT2D eigenvalue weighted by molar-refractivity contribution is -0.119. The summed E-state index contributed by atoms with van der Waals surface area (Å²) in [6, 6.07) is 13.1. The van der Waals surface area contributed by atoms with Gasteiger partial charge in [-0.15, -0.1) is 3.89 Å². The van der Waals surface area contributed by atoms with Crippen molar-refractivity contribution >= 4 is 53.6 Å². The number of amidine groups is 1. The van der Waals surface area contributed by atoms with Crippen LogP contribution in [-0.2, 0) is 14.3 Å². The molecule has 0 bridgehead atoms.